The summed E-state index contributed by atoms with van der Waals surface area (Å²) < 4.78 is 12.1. The van der Waals surface area contributed by atoms with Crippen molar-refractivity contribution in [2.24, 2.45) is 5.16 Å². The molecule has 0 saturated heterocycles. The van der Waals surface area contributed by atoms with Gasteiger partial charge < -0.3 is 19.6 Å². The SMILES string of the molecule is CN(Cc1cccnc1)/C(=N\O)c1cccnc1Oc1ccccc1OCc1ccccc1. The summed E-state index contributed by atoms with van der Waals surface area (Å²) in [6.07, 6.45) is 5.11. The van der Waals surface area contributed by atoms with Gasteiger partial charge in [0.1, 0.15) is 6.61 Å². The van der Waals surface area contributed by atoms with E-state index < -0.39 is 0 Å². The van der Waals surface area contributed by atoms with Gasteiger partial charge in [0.15, 0.2) is 17.3 Å². The second-order valence-corrected chi connectivity index (χ2v) is 7.32. The van der Waals surface area contributed by atoms with E-state index in [9.17, 15) is 5.21 Å². The van der Waals surface area contributed by atoms with E-state index in [-0.39, 0.29) is 0 Å². The van der Waals surface area contributed by atoms with Gasteiger partial charge in [0, 0.05) is 32.2 Å². The topological polar surface area (TPSA) is 80.1 Å². The zero-order valence-corrected chi connectivity index (χ0v) is 18.2. The van der Waals surface area contributed by atoms with Gasteiger partial charge in [-0.25, -0.2) is 4.98 Å². The highest BCUT2D eigenvalue weighted by Gasteiger charge is 2.19. The molecule has 4 aromatic rings. The van der Waals surface area contributed by atoms with Gasteiger partial charge in [0.2, 0.25) is 5.88 Å². The number of hydrogen-bond donors (Lipinski definition) is 1. The molecule has 7 heteroatoms. The molecule has 0 saturated carbocycles. The molecule has 7 nitrogen and oxygen atoms in total. The average Bonchev–Trinajstić information content (AvgIpc) is 2.86. The largest absolute Gasteiger partial charge is 0.485 e. The van der Waals surface area contributed by atoms with Gasteiger partial charge in [-0.1, -0.05) is 53.7 Å². The molecule has 0 spiro atoms. The Kier molecular flexibility index (Phi) is 7.12. The van der Waals surface area contributed by atoms with Crippen molar-refractivity contribution in [3.8, 4) is 17.4 Å². The van der Waals surface area contributed by atoms with Gasteiger partial charge in [-0.05, 0) is 41.5 Å². The standard InChI is InChI=1S/C26H24N4O3/c1-30(18-21-11-7-15-27-17-21)25(29-31)22-12-8-16-28-26(22)33-24-14-6-5-13-23(24)32-19-20-9-3-2-4-10-20/h2-17,31H,18-19H2,1H3/b29-25-. The first kappa shape index (κ1) is 21.8. The monoisotopic (exact) mass is 440 g/mol. The van der Waals surface area contributed by atoms with Crippen LogP contribution in [0.4, 0.5) is 0 Å². The molecular formula is C26H24N4O3. The molecular weight excluding hydrogens is 416 g/mol. The normalized spacial score (nSPS) is 11.1. The molecule has 166 valence electrons. The van der Waals surface area contributed by atoms with Crippen molar-refractivity contribution in [1.82, 2.24) is 14.9 Å². The average molecular weight is 441 g/mol. The fraction of sp³-hybridized carbons (Fsp3) is 0.115. The number of rotatable bonds is 8. The number of nitrogens with zero attached hydrogens (tertiary/aromatic N) is 4. The quantitative estimate of drug-likeness (QED) is 0.177. The Morgan fingerprint density at radius 3 is 2.36 bits per heavy atom. The fourth-order valence-electron chi connectivity index (χ4n) is 3.31. The maximum Gasteiger partial charge on any atom is 0.230 e. The summed E-state index contributed by atoms with van der Waals surface area (Å²) in [7, 11) is 1.83. The first-order chi connectivity index (χ1) is 16.2. The maximum atomic E-state index is 9.81. The Morgan fingerprint density at radius 1 is 0.879 bits per heavy atom. The number of ether oxygens (including phenoxy) is 2. The third kappa shape index (κ3) is 5.65. The van der Waals surface area contributed by atoms with E-state index in [1.54, 1.807) is 35.6 Å². The van der Waals surface area contributed by atoms with E-state index in [1.165, 1.54) is 0 Å². The Balaban J connectivity index is 1.55. The number of oxime groups is 1. The zero-order valence-electron chi connectivity index (χ0n) is 18.2. The van der Waals surface area contributed by atoms with E-state index in [4.69, 9.17) is 9.47 Å². The first-order valence-corrected chi connectivity index (χ1v) is 10.5. The molecule has 0 unspecified atom stereocenters. The van der Waals surface area contributed by atoms with Crippen molar-refractivity contribution in [3.05, 3.63) is 114 Å². The zero-order chi connectivity index (χ0) is 22.9. The molecule has 0 aliphatic rings. The molecule has 0 fully saturated rings. The van der Waals surface area contributed by atoms with Crippen LogP contribution in [-0.4, -0.2) is 33.0 Å². The Hall–Kier alpha value is -4.39. The summed E-state index contributed by atoms with van der Waals surface area (Å²) in [4.78, 5) is 10.3. The fourth-order valence-corrected chi connectivity index (χ4v) is 3.31. The van der Waals surface area contributed by atoms with Gasteiger partial charge in [-0.3, -0.25) is 4.98 Å². The van der Waals surface area contributed by atoms with Gasteiger partial charge >= 0.3 is 0 Å². The molecule has 0 aliphatic carbocycles. The van der Waals surface area contributed by atoms with Crippen LogP contribution in [0.15, 0.2) is 103 Å². The molecule has 2 heterocycles. The van der Waals surface area contributed by atoms with Crippen LogP contribution in [0, 0.1) is 0 Å². The second kappa shape index (κ2) is 10.8. The van der Waals surface area contributed by atoms with Crippen molar-refractivity contribution in [2.75, 3.05) is 7.05 Å². The van der Waals surface area contributed by atoms with Crippen LogP contribution in [0.25, 0.3) is 0 Å². The molecule has 0 bridgehead atoms. The van der Waals surface area contributed by atoms with Crippen LogP contribution >= 0.6 is 0 Å². The summed E-state index contributed by atoms with van der Waals surface area (Å²) in [5, 5.41) is 13.3. The molecule has 33 heavy (non-hydrogen) atoms. The van der Waals surface area contributed by atoms with Crippen LogP contribution in [0.3, 0.4) is 0 Å². The molecule has 2 aromatic heterocycles. The lowest BCUT2D eigenvalue weighted by Gasteiger charge is -2.21. The number of aromatic nitrogens is 2. The molecule has 4 rings (SSSR count). The lowest BCUT2D eigenvalue weighted by Crippen LogP contribution is -2.28. The number of para-hydroxylation sites is 2. The minimum atomic E-state index is 0.305. The van der Waals surface area contributed by atoms with Crippen LogP contribution in [0.2, 0.25) is 0 Å². The summed E-state index contributed by atoms with van der Waals surface area (Å²) >= 11 is 0. The van der Waals surface area contributed by atoms with Crippen molar-refractivity contribution in [3.63, 3.8) is 0 Å². The lowest BCUT2D eigenvalue weighted by atomic mass is 10.2. The highest BCUT2D eigenvalue weighted by atomic mass is 16.5. The van der Waals surface area contributed by atoms with Crippen LogP contribution in [0.5, 0.6) is 17.4 Å². The summed E-state index contributed by atoms with van der Waals surface area (Å²) in [5.41, 5.74) is 2.58. The van der Waals surface area contributed by atoms with E-state index >= 15 is 0 Å². The molecule has 2 aromatic carbocycles. The number of hydrogen-bond acceptors (Lipinski definition) is 6. The third-order valence-corrected chi connectivity index (χ3v) is 4.90. The van der Waals surface area contributed by atoms with Crippen molar-refractivity contribution in [2.45, 2.75) is 13.2 Å². The highest BCUT2D eigenvalue weighted by molar-refractivity contribution is 6.00. The Bertz CT molecular complexity index is 1200. The van der Waals surface area contributed by atoms with Crippen molar-refractivity contribution in [1.29, 1.82) is 0 Å². The minimum Gasteiger partial charge on any atom is -0.485 e. The van der Waals surface area contributed by atoms with E-state index in [2.05, 4.69) is 15.1 Å². The molecule has 0 radical (unpaired) electrons. The Morgan fingerprint density at radius 2 is 1.61 bits per heavy atom. The summed E-state index contributed by atoms with van der Waals surface area (Å²) in [5.74, 6) is 1.73. The minimum absolute atomic E-state index is 0.305. The Labute approximate surface area is 192 Å². The van der Waals surface area contributed by atoms with Crippen LogP contribution < -0.4 is 9.47 Å². The van der Waals surface area contributed by atoms with Gasteiger partial charge in [0.25, 0.3) is 0 Å². The van der Waals surface area contributed by atoms with Crippen molar-refractivity contribution >= 4 is 5.84 Å². The second-order valence-electron chi connectivity index (χ2n) is 7.32. The molecule has 0 atom stereocenters. The third-order valence-electron chi connectivity index (χ3n) is 4.90. The highest BCUT2D eigenvalue weighted by Crippen LogP contribution is 2.33. The molecule has 1 N–H and O–H groups in total. The van der Waals surface area contributed by atoms with E-state index in [0.717, 1.165) is 11.1 Å². The van der Waals surface area contributed by atoms with E-state index in [1.807, 2.05) is 73.8 Å². The number of benzene rings is 2. The summed E-state index contributed by atoms with van der Waals surface area (Å²) in [6, 6.07) is 24.7. The van der Waals surface area contributed by atoms with Gasteiger partial charge in [0.05, 0.1) is 5.56 Å². The molecule has 0 aliphatic heterocycles. The predicted molar refractivity (Wildman–Crippen MR) is 126 cm³/mol. The summed E-state index contributed by atoms with van der Waals surface area (Å²) in [6.45, 7) is 0.909. The smallest absolute Gasteiger partial charge is 0.230 e. The maximum absolute atomic E-state index is 9.81. The lowest BCUT2D eigenvalue weighted by molar-refractivity contribution is 0.289. The number of pyridine rings is 2. The first-order valence-electron chi connectivity index (χ1n) is 10.5. The van der Waals surface area contributed by atoms with Gasteiger partial charge in [-0.2, -0.15) is 0 Å². The van der Waals surface area contributed by atoms with Crippen molar-refractivity contribution < 1.29 is 14.7 Å². The van der Waals surface area contributed by atoms with Gasteiger partial charge in [-0.15, -0.1) is 0 Å². The van der Waals surface area contributed by atoms with E-state index in [0.29, 0.717) is 41.9 Å². The molecule has 0 amide bonds. The van der Waals surface area contributed by atoms with Crippen LogP contribution in [0.1, 0.15) is 16.7 Å². The number of amidine groups is 1. The van der Waals surface area contributed by atoms with Crippen LogP contribution in [-0.2, 0) is 13.2 Å². The predicted octanol–water partition coefficient (Wildman–Crippen LogP) is 5.12.